The predicted octanol–water partition coefficient (Wildman–Crippen LogP) is 3.55. The first-order chi connectivity index (χ1) is 11.7. The van der Waals surface area contributed by atoms with E-state index in [4.69, 9.17) is 0 Å². The number of benzene rings is 1. The Morgan fingerprint density at radius 2 is 2.29 bits per heavy atom. The monoisotopic (exact) mass is 344 g/mol. The number of nitrogens with one attached hydrogen (secondary N) is 1. The molecule has 2 aliphatic rings. The number of Topliss-reactive ketones (excluding diaryl/α,β-unsaturated/α-hetero) is 1. The second kappa shape index (κ2) is 6.05. The molecule has 0 radical (unpaired) electrons. The number of halogens is 1. The van der Waals surface area contributed by atoms with E-state index in [0.717, 1.165) is 29.9 Å². The number of anilines is 1. The Labute approximate surface area is 143 Å². The van der Waals surface area contributed by atoms with Crippen LogP contribution in [0.1, 0.15) is 37.8 Å². The van der Waals surface area contributed by atoms with E-state index in [1.807, 2.05) is 13.0 Å². The molecule has 1 aliphatic carbocycles. The first-order valence-corrected chi connectivity index (χ1v) is 9.04. The summed E-state index contributed by atoms with van der Waals surface area (Å²) in [5.41, 5.74) is 2.31. The zero-order valence-electron chi connectivity index (χ0n) is 13.3. The maximum atomic E-state index is 13.8. The molecule has 0 bridgehead atoms. The third-order valence-corrected chi connectivity index (χ3v) is 5.01. The number of hydrogen-bond donors (Lipinski definition) is 1. The van der Waals surface area contributed by atoms with Crippen molar-refractivity contribution in [3.63, 3.8) is 0 Å². The quantitative estimate of drug-likeness (QED) is 0.863. The standard InChI is InChI=1S/C17H17FN4OS/c1-2-24-17-20-16-19-12-7-4-8-13(23)14(12)15(22(16)21-17)10-5-3-6-11(18)9-10/h3,5-6,9,15H,2,4,7-8H2,1H3,(H,19,20,21)/t15-/m1/s1. The highest BCUT2D eigenvalue weighted by Crippen LogP contribution is 2.40. The summed E-state index contributed by atoms with van der Waals surface area (Å²) < 4.78 is 15.5. The van der Waals surface area contributed by atoms with Crippen molar-refractivity contribution >= 4 is 23.5 Å². The van der Waals surface area contributed by atoms with Crippen LogP contribution in [0.15, 0.2) is 40.7 Å². The fraction of sp³-hybridized carbons (Fsp3) is 0.353. The van der Waals surface area contributed by atoms with Gasteiger partial charge in [-0.3, -0.25) is 4.79 Å². The minimum Gasteiger partial charge on any atom is -0.328 e. The molecule has 2 aromatic rings. The number of hydrogen-bond acceptors (Lipinski definition) is 5. The van der Waals surface area contributed by atoms with Crippen LogP contribution in [0.25, 0.3) is 0 Å². The van der Waals surface area contributed by atoms with Gasteiger partial charge in [-0.2, -0.15) is 4.98 Å². The lowest BCUT2D eigenvalue weighted by Gasteiger charge is -2.32. The van der Waals surface area contributed by atoms with E-state index in [9.17, 15) is 9.18 Å². The molecule has 2 heterocycles. The summed E-state index contributed by atoms with van der Waals surface area (Å²) in [6.07, 6.45) is 2.15. The summed E-state index contributed by atoms with van der Waals surface area (Å²) in [6, 6.07) is 5.96. The Morgan fingerprint density at radius 3 is 3.08 bits per heavy atom. The summed E-state index contributed by atoms with van der Waals surface area (Å²) >= 11 is 1.54. The molecule has 0 fully saturated rings. The molecule has 0 spiro atoms. The van der Waals surface area contributed by atoms with Crippen LogP contribution < -0.4 is 5.32 Å². The molecule has 1 aromatic carbocycles. The average molecular weight is 344 g/mol. The van der Waals surface area contributed by atoms with Gasteiger partial charge in [0, 0.05) is 17.7 Å². The van der Waals surface area contributed by atoms with Crippen molar-refractivity contribution in [3.05, 3.63) is 46.9 Å². The average Bonchev–Trinajstić information content (AvgIpc) is 2.95. The van der Waals surface area contributed by atoms with Crippen molar-refractivity contribution in [2.75, 3.05) is 11.1 Å². The van der Waals surface area contributed by atoms with Gasteiger partial charge in [-0.15, -0.1) is 5.10 Å². The lowest BCUT2D eigenvalue weighted by Crippen LogP contribution is -2.31. The van der Waals surface area contributed by atoms with E-state index in [0.29, 0.717) is 23.1 Å². The van der Waals surface area contributed by atoms with Crippen LogP contribution >= 0.6 is 11.8 Å². The number of thioether (sulfide) groups is 1. The summed E-state index contributed by atoms with van der Waals surface area (Å²) in [4.78, 5) is 17.1. The number of nitrogens with zero attached hydrogens (tertiary/aromatic N) is 3. The van der Waals surface area contributed by atoms with Crippen LogP contribution in [0.3, 0.4) is 0 Å². The number of aromatic nitrogens is 3. The Bertz CT molecular complexity index is 845. The van der Waals surface area contributed by atoms with Crippen LogP contribution in [0.4, 0.5) is 10.3 Å². The van der Waals surface area contributed by atoms with Crippen LogP contribution in [0, 0.1) is 5.82 Å². The van der Waals surface area contributed by atoms with Crippen molar-refractivity contribution in [3.8, 4) is 0 Å². The molecule has 1 N–H and O–H groups in total. The predicted molar refractivity (Wildman–Crippen MR) is 90.5 cm³/mol. The van der Waals surface area contributed by atoms with E-state index >= 15 is 0 Å². The van der Waals surface area contributed by atoms with E-state index in [-0.39, 0.29) is 11.6 Å². The van der Waals surface area contributed by atoms with Gasteiger partial charge in [0.1, 0.15) is 11.9 Å². The molecule has 124 valence electrons. The molecule has 0 saturated carbocycles. The Hall–Kier alpha value is -2.15. The molecule has 0 unspecified atom stereocenters. The SMILES string of the molecule is CCSc1nc2n(n1)[C@H](c1cccc(F)c1)C1=C(CCCC1=O)N2. The molecule has 5 nitrogen and oxygen atoms in total. The van der Waals surface area contributed by atoms with Gasteiger partial charge in [0.15, 0.2) is 5.78 Å². The van der Waals surface area contributed by atoms with Gasteiger partial charge in [0.2, 0.25) is 11.1 Å². The number of fused-ring (bicyclic) bond motifs is 1. The largest absolute Gasteiger partial charge is 0.328 e. The second-order valence-electron chi connectivity index (χ2n) is 5.85. The third-order valence-electron chi connectivity index (χ3n) is 4.29. The number of rotatable bonds is 3. The highest BCUT2D eigenvalue weighted by Gasteiger charge is 2.36. The van der Waals surface area contributed by atoms with Crippen LogP contribution in [0.5, 0.6) is 0 Å². The van der Waals surface area contributed by atoms with Crippen molar-refractivity contribution in [1.82, 2.24) is 14.8 Å². The molecule has 1 atom stereocenters. The Morgan fingerprint density at radius 1 is 1.42 bits per heavy atom. The number of allylic oxidation sites excluding steroid dienone is 2. The Balaban J connectivity index is 1.88. The first kappa shape index (κ1) is 15.4. The normalized spacial score (nSPS) is 19.8. The minimum absolute atomic E-state index is 0.101. The molecule has 0 saturated heterocycles. The third kappa shape index (κ3) is 2.53. The summed E-state index contributed by atoms with van der Waals surface area (Å²) in [7, 11) is 0. The molecule has 24 heavy (non-hydrogen) atoms. The molecule has 4 rings (SSSR count). The lowest BCUT2D eigenvalue weighted by atomic mass is 9.85. The maximum absolute atomic E-state index is 13.8. The van der Waals surface area contributed by atoms with Crippen molar-refractivity contribution in [2.45, 2.75) is 37.4 Å². The molecule has 7 heteroatoms. The van der Waals surface area contributed by atoms with Crippen LogP contribution in [-0.2, 0) is 4.79 Å². The van der Waals surface area contributed by atoms with Crippen molar-refractivity contribution < 1.29 is 9.18 Å². The van der Waals surface area contributed by atoms with Gasteiger partial charge in [-0.1, -0.05) is 30.8 Å². The zero-order valence-corrected chi connectivity index (χ0v) is 14.1. The van der Waals surface area contributed by atoms with Crippen molar-refractivity contribution in [1.29, 1.82) is 0 Å². The highest BCUT2D eigenvalue weighted by molar-refractivity contribution is 7.99. The molecule has 1 aliphatic heterocycles. The Kier molecular flexibility index (Phi) is 3.88. The van der Waals surface area contributed by atoms with Gasteiger partial charge < -0.3 is 5.32 Å². The van der Waals surface area contributed by atoms with E-state index in [1.165, 1.54) is 12.1 Å². The smallest absolute Gasteiger partial charge is 0.227 e. The highest BCUT2D eigenvalue weighted by atomic mass is 32.2. The molecule has 0 amide bonds. The number of carbonyl (C=O) groups excluding carboxylic acids is 1. The fourth-order valence-corrected chi connectivity index (χ4v) is 3.87. The zero-order chi connectivity index (χ0) is 16.7. The summed E-state index contributed by atoms with van der Waals surface area (Å²) in [6.45, 7) is 2.04. The topological polar surface area (TPSA) is 59.8 Å². The minimum atomic E-state index is -0.418. The van der Waals surface area contributed by atoms with E-state index in [2.05, 4.69) is 15.4 Å². The van der Waals surface area contributed by atoms with Gasteiger partial charge in [0.05, 0.1) is 0 Å². The van der Waals surface area contributed by atoms with E-state index < -0.39 is 6.04 Å². The van der Waals surface area contributed by atoms with Gasteiger partial charge >= 0.3 is 0 Å². The fourth-order valence-electron chi connectivity index (χ4n) is 3.31. The second-order valence-corrected chi connectivity index (χ2v) is 7.08. The number of ketones is 1. The van der Waals surface area contributed by atoms with E-state index in [1.54, 1.807) is 22.5 Å². The van der Waals surface area contributed by atoms with Gasteiger partial charge in [-0.25, -0.2) is 9.07 Å². The molecule has 1 aromatic heterocycles. The maximum Gasteiger partial charge on any atom is 0.227 e. The molecular weight excluding hydrogens is 327 g/mol. The first-order valence-electron chi connectivity index (χ1n) is 8.05. The summed E-state index contributed by atoms with van der Waals surface area (Å²) in [5, 5.41) is 8.48. The van der Waals surface area contributed by atoms with Gasteiger partial charge in [0.25, 0.3) is 0 Å². The van der Waals surface area contributed by atoms with Gasteiger partial charge in [-0.05, 0) is 36.3 Å². The summed E-state index contributed by atoms with van der Waals surface area (Å²) in [5.74, 6) is 1.26. The van der Waals surface area contributed by atoms with Crippen molar-refractivity contribution in [2.24, 2.45) is 0 Å². The van der Waals surface area contributed by atoms with Crippen LogP contribution in [-0.4, -0.2) is 26.3 Å². The molecular formula is C17H17FN4OS. The number of carbonyl (C=O) groups is 1. The lowest BCUT2D eigenvalue weighted by molar-refractivity contribution is -0.116. The van der Waals surface area contributed by atoms with Crippen LogP contribution in [0.2, 0.25) is 0 Å².